The van der Waals surface area contributed by atoms with Crippen LogP contribution in [-0.2, 0) is 0 Å². The molecule has 0 saturated heterocycles. The Morgan fingerprint density at radius 3 is 1.67 bits per heavy atom. The van der Waals surface area contributed by atoms with E-state index in [4.69, 9.17) is 9.47 Å². The number of hydrogen-bond acceptors (Lipinski definition) is 3. The van der Waals surface area contributed by atoms with E-state index in [0.717, 1.165) is 61.6 Å². The van der Waals surface area contributed by atoms with Gasteiger partial charge in [-0.05, 0) is 117 Å². The molecule has 4 aliphatic rings. The maximum Gasteiger partial charge on any atom is 0.260 e. The first-order chi connectivity index (χ1) is 26.6. The average Bonchev–Trinajstić information content (AvgIpc) is 3.55. The summed E-state index contributed by atoms with van der Waals surface area (Å²) in [5.74, 6) is 3.81. The van der Waals surface area contributed by atoms with E-state index in [1.54, 1.807) is 0 Å². The first-order valence-electron chi connectivity index (χ1n) is 18.9. The number of benzene rings is 7. The maximum atomic E-state index is 6.91. The minimum Gasteiger partial charge on any atom is -0.458 e. The van der Waals surface area contributed by atoms with Crippen LogP contribution in [0.15, 0.2) is 170 Å². The third-order valence-corrected chi connectivity index (χ3v) is 11.8. The predicted molar refractivity (Wildman–Crippen MR) is 223 cm³/mol. The molecule has 0 spiro atoms. The van der Waals surface area contributed by atoms with Crippen molar-refractivity contribution in [1.29, 1.82) is 0 Å². The van der Waals surface area contributed by atoms with E-state index in [1.807, 2.05) is 0 Å². The molecular formula is C50H36BNO2. The van der Waals surface area contributed by atoms with Gasteiger partial charge < -0.3 is 14.4 Å². The first kappa shape index (κ1) is 31.1. The minimum atomic E-state index is -0.0171. The van der Waals surface area contributed by atoms with Gasteiger partial charge in [-0.25, -0.2) is 0 Å². The van der Waals surface area contributed by atoms with Crippen molar-refractivity contribution in [3.8, 4) is 56.4 Å². The van der Waals surface area contributed by atoms with Crippen molar-refractivity contribution in [2.75, 3.05) is 4.90 Å². The molecule has 7 aromatic rings. The molecular weight excluding hydrogens is 657 g/mol. The molecule has 1 aliphatic carbocycles. The number of anilines is 2. The number of para-hydroxylation sites is 1. The largest absolute Gasteiger partial charge is 0.458 e. The minimum absolute atomic E-state index is 0.0171. The molecule has 0 radical (unpaired) electrons. The van der Waals surface area contributed by atoms with E-state index in [2.05, 4.69) is 189 Å². The Kier molecular flexibility index (Phi) is 6.91. The van der Waals surface area contributed by atoms with Crippen molar-refractivity contribution in [3.05, 3.63) is 187 Å². The maximum absolute atomic E-state index is 6.91. The van der Waals surface area contributed by atoms with Crippen molar-refractivity contribution in [2.45, 2.75) is 25.8 Å². The topological polar surface area (TPSA) is 21.7 Å². The van der Waals surface area contributed by atoms with Crippen LogP contribution in [0, 0.1) is 13.8 Å². The lowest BCUT2D eigenvalue weighted by Crippen LogP contribution is -2.57. The Bertz CT molecular complexity index is 2610. The number of fused-ring (bicyclic) bond motifs is 7. The van der Waals surface area contributed by atoms with Crippen molar-refractivity contribution >= 4 is 34.5 Å². The van der Waals surface area contributed by atoms with Gasteiger partial charge in [0.2, 0.25) is 0 Å². The number of rotatable bonds is 4. The van der Waals surface area contributed by atoms with Crippen LogP contribution in [0.25, 0.3) is 33.4 Å². The fraction of sp³-hybridized carbons (Fsp3) is 0.0800. The number of nitrogens with zero attached hydrogens (tertiary/aromatic N) is 1. The van der Waals surface area contributed by atoms with Crippen molar-refractivity contribution in [1.82, 2.24) is 0 Å². The molecule has 0 fully saturated rings. The fourth-order valence-electron chi connectivity index (χ4n) is 9.19. The number of aryl methyl sites for hydroxylation is 2. The van der Waals surface area contributed by atoms with Gasteiger partial charge in [-0.1, -0.05) is 127 Å². The summed E-state index contributed by atoms with van der Waals surface area (Å²) in [6.45, 7) is 4.31. The molecule has 11 rings (SSSR count). The summed E-state index contributed by atoms with van der Waals surface area (Å²) < 4.78 is 13.8. The normalized spacial score (nSPS) is 16.8. The molecule has 0 saturated carbocycles. The molecule has 54 heavy (non-hydrogen) atoms. The third-order valence-electron chi connectivity index (χ3n) is 11.8. The van der Waals surface area contributed by atoms with Crippen LogP contribution in [0.1, 0.15) is 22.6 Å². The summed E-state index contributed by atoms with van der Waals surface area (Å²) in [7, 11) is 0. The van der Waals surface area contributed by atoms with Crippen LogP contribution in [0.4, 0.5) is 11.4 Å². The second-order valence-electron chi connectivity index (χ2n) is 14.9. The van der Waals surface area contributed by atoms with Gasteiger partial charge in [-0.15, -0.1) is 0 Å². The molecule has 0 N–H and O–H groups in total. The summed E-state index contributed by atoms with van der Waals surface area (Å²) >= 11 is 0. The average molecular weight is 694 g/mol. The summed E-state index contributed by atoms with van der Waals surface area (Å²) in [6, 6.07) is 53.0. The summed E-state index contributed by atoms with van der Waals surface area (Å²) in [4.78, 5) is 2.48. The molecule has 2 unspecified atom stereocenters. The Balaban J connectivity index is 1.03. The highest BCUT2D eigenvalue weighted by atomic mass is 16.5. The van der Waals surface area contributed by atoms with Gasteiger partial charge in [0.1, 0.15) is 23.0 Å². The molecule has 0 amide bonds. The summed E-state index contributed by atoms with van der Waals surface area (Å²) in [5.41, 5.74) is 16.6. The van der Waals surface area contributed by atoms with Gasteiger partial charge in [-0.2, -0.15) is 0 Å². The molecule has 3 heterocycles. The molecule has 3 nitrogen and oxygen atoms in total. The van der Waals surface area contributed by atoms with E-state index in [9.17, 15) is 0 Å². The van der Waals surface area contributed by atoms with Crippen molar-refractivity contribution < 1.29 is 9.47 Å². The van der Waals surface area contributed by atoms with Crippen LogP contribution >= 0.6 is 0 Å². The Morgan fingerprint density at radius 1 is 0.500 bits per heavy atom. The quantitative estimate of drug-likeness (QED) is 0.171. The van der Waals surface area contributed by atoms with Crippen molar-refractivity contribution in [2.24, 2.45) is 0 Å². The number of ether oxygens (including phenoxy) is 2. The molecule has 4 heteroatoms. The van der Waals surface area contributed by atoms with Gasteiger partial charge in [0.05, 0.1) is 6.04 Å². The van der Waals surface area contributed by atoms with E-state index in [-0.39, 0.29) is 12.8 Å². The highest BCUT2D eigenvalue weighted by molar-refractivity contribution is 6.98. The third kappa shape index (κ3) is 4.76. The smallest absolute Gasteiger partial charge is 0.260 e. The lowest BCUT2D eigenvalue weighted by Gasteiger charge is -2.34. The fourth-order valence-corrected chi connectivity index (χ4v) is 9.19. The van der Waals surface area contributed by atoms with Crippen molar-refractivity contribution in [3.63, 3.8) is 0 Å². The second-order valence-corrected chi connectivity index (χ2v) is 14.9. The van der Waals surface area contributed by atoms with E-state index in [0.29, 0.717) is 5.92 Å². The lowest BCUT2D eigenvalue weighted by atomic mass is 9.34. The van der Waals surface area contributed by atoms with E-state index in [1.165, 1.54) is 39.2 Å². The molecule has 2 atom stereocenters. The standard InChI is InChI=1S/C50H36BNO2/c1-31-11-3-5-13-38(31)34-21-25-42-46(27-34)53-48-29-36(30-49-50(48)51(42)43-26-22-35(28-47(43)54-49)39-14-6-4-12-32(39)2)33-19-23-37(24-20-33)52-44-17-9-7-15-40(44)41-16-8-10-18-45(41)52/h3-30,40,44H,1-2H3. The van der Waals surface area contributed by atoms with Crippen LogP contribution in [0.3, 0.4) is 0 Å². The van der Waals surface area contributed by atoms with Gasteiger partial charge in [-0.3, -0.25) is 0 Å². The molecule has 256 valence electrons. The van der Waals surface area contributed by atoms with Crippen LogP contribution in [0.2, 0.25) is 0 Å². The highest BCUT2D eigenvalue weighted by Gasteiger charge is 2.41. The Hall–Kier alpha value is -6.52. The summed E-state index contributed by atoms with van der Waals surface area (Å²) in [5, 5.41) is 0. The molecule has 0 bridgehead atoms. The highest BCUT2D eigenvalue weighted by Crippen LogP contribution is 2.48. The molecule has 3 aliphatic heterocycles. The molecule has 0 aromatic heterocycles. The van der Waals surface area contributed by atoms with Gasteiger partial charge >= 0.3 is 0 Å². The zero-order chi connectivity index (χ0) is 35.9. The van der Waals surface area contributed by atoms with E-state index < -0.39 is 0 Å². The molecule has 7 aromatic carbocycles. The second kappa shape index (κ2) is 12.0. The van der Waals surface area contributed by atoms with Gasteiger partial charge in [0, 0.05) is 22.8 Å². The predicted octanol–water partition coefficient (Wildman–Crippen LogP) is 10.8. The van der Waals surface area contributed by atoms with E-state index >= 15 is 0 Å². The Labute approximate surface area is 316 Å². The van der Waals surface area contributed by atoms with Crippen LogP contribution < -0.4 is 30.8 Å². The zero-order valence-corrected chi connectivity index (χ0v) is 30.2. The summed E-state index contributed by atoms with van der Waals surface area (Å²) in [6.07, 6.45) is 8.99. The number of hydrogen-bond donors (Lipinski definition) is 0. The SMILES string of the molecule is Cc1ccccc1-c1ccc2c(c1)Oc1cc(-c3ccc(N4c5ccccc5C5C=CC=CC54)cc3)cc3c1B2c1ccc(-c2ccccc2C)cc1O3. The van der Waals surface area contributed by atoms with Crippen LogP contribution in [0.5, 0.6) is 23.0 Å². The number of allylic oxidation sites excluding steroid dienone is 2. The lowest BCUT2D eigenvalue weighted by molar-refractivity contribution is 0.465. The Morgan fingerprint density at radius 2 is 1.04 bits per heavy atom. The monoisotopic (exact) mass is 693 g/mol. The first-order valence-corrected chi connectivity index (χ1v) is 18.9. The zero-order valence-electron chi connectivity index (χ0n) is 30.2. The van der Waals surface area contributed by atoms with Crippen LogP contribution in [-0.4, -0.2) is 12.8 Å². The van der Waals surface area contributed by atoms with Gasteiger partial charge in [0.25, 0.3) is 6.71 Å². The van der Waals surface area contributed by atoms with Gasteiger partial charge in [0.15, 0.2) is 0 Å².